The second-order valence-electron chi connectivity index (χ2n) is 2.52. The van der Waals surface area contributed by atoms with E-state index in [4.69, 9.17) is 27.5 Å². The van der Waals surface area contributed by atoms with E-state index in [-0.39, 0.29) is 16.3 Å². The van der Waals surface area contributed by atoms with E-state index >= 15 is 0 Å². The van der Waals surface area contributed by atoms with Gasteiger partial charge in [0.25, 0.3) is 0 Å². The van der Waals surface area contributed by atoms with Crippen molar-refractivity contribution in [2.75, 3.05) is 0 Å². The maximum atomic E-state index is 10.5. The Morgan fingerprint density at radius 2 is 2.15 bits per heavy atom. The normalized spacial score (nSPS) is 12.5. The molecule has 0 aliphatic heterocycles. The smallest absolute Gasteiger partial charge is 0.325 e. The van der Waals surface area contributed by atoms with Gasteiger partial charge in [-0.1, -0.05) is 17.7 Å². The number of carboxylic acid groups (broad SMARTS) is 1. The number of halogens is 1. The van der Waals surface area contributed by atoms with Gasteiger partial charge in [-0.15, -0.1) is 0 Å². The third kappa shape index (κ3) is 2.11. The number of hydrogen-bond donors (Lipinski definition) is 3. The van der Waals surface area contributed by atoms with Crippen LogP contribution < -0.4 is 5.73 Å². The number of hydrogen-bond acceptors (Lipinski definition) is 3. The number of benzene rings is 1. The van der Waals surface area contributed by atoms with E-state index in [1.807, 2.05) is 0 Å². The number of aromatic hydroxyl groups is 1. The van der Waals surface area contributed by atoms with Crippen LogP contribution in [0.2, 0.25) is 5.02 Å². The van der Waals surface area contributed by atoms with E-state index in [1.54, 1.807) is 0 Å². The highest BCUT2D eigenvalue weighted by Gasteiger charge is 2.17. The van der Waals surface area contributed by atoms with Crippen molar-refractivity contribution in [3.05, 3.63) is 28.8 Å². The number of nitrogens with two attached hydrogens (primary N) is 1. The minimum absolute atomic E-state index is 0.0219. The fourth-order valence-corrected chi connectivity index (χ4v) is 1.19. The largest absolute Gasteiger partial charge is 0.508 e. The molecule has 1 aromatic carbocycles. The number of phenolic OH excluding ortho intramolecular Hbond substituents is 1. The predicted octanol–water partition coefficient (Wildman–Crippen LogP) is 1.13. The summed E-state index contributed by atoms with van der Waals surface area (Å²) in [5, 5.41) is 17.7. The zero-order valence-corrected chi connectivity index (χ0v) is 7.32. The van der Waals surface area contributed by atoms with E-state index in [0.29, 0.717) is 0 Å². The van der Waals surface area contributed by atoms with Crippen molar-refractivity contribution in [2.45, 2.75) is 6.04 Å². The lowest BCUT2D eigenvalue weighted by molar-refractivity contribution is -0.138. The quantitative estimate of drug-likeness (QED) is 0.670. The molecule has 0 aliphatic rings. The number of carbonyl (C=O) groups is 1. The van der Waals surface area contributed by atoms with Gasteiger partial charge in [0.2, 0.25) is 0 Å². The molecule has 70 valence electrons. The van der Waals surface area contributed by atoms with Crippen LogP contribution in [0.3, 0.4) is 0 Å². The molecule has 0 fully saturated rings. The number of carboxylic acids is 1. The van der Waals surface area contributed by atoms with Crippen LogP contribution >= 0.6 is 11.6 Å². The summed E-state index contributed by atoms with van der Waals surface area (Å²) in [7, 11) is 0. The van der Waals surface area contributed by atoms with Crippen LogP contribution in [-0.2, 0) is 4.79 Å². The summed E-state index contributed by atoms with van der Waals surface area (Å²) in [4.78, 5) is 10.5. The van der Waals surface area contributed by atoms with Crippen LogP contribution in [0, 0.1) is 0 Å². The molecule has 0 saturated heterocycles. The van der Waals surface area contributed by atoms with E-state index in [9.17, 15) is 4.79 Å². The molecule has 0 amide bonds. The molecule has 0 spiro atoms. The summed E-state index contributed by atoms with van der Waals surface area (Å²) in [6, 6.07) is 2.81. The fraction of sp³-hybridized carbons (Fsp3) is 0.125. The predicted molar refractivity (Wildman–Crippen MR) is 47.7 cm³/mol. The van der Waals surface area contributed by atoms with Crippen LogP contribution in [0.4, 0.5) is 0 Å². The summed E-state index contributed by atoms with van der Waals surface area (Å²) in [5.74, 6) is -1.18. The average molecular weight is 202 g/mol. The SMILES string of the molecule is N[C@@H](C(=O)O)c1ccc(O)cc1Cl. The highest BCUT2D eigenvalue weighted by atomic mass is 35.5. The maximum absolute atomic E-state index is 10.5. The van der Waals surface area contributed by atoms with Gasteiger partial charge in [0.1, 0.15) is 11.8 Å². The molecule has 0 bridgehead atoms. The molecule has 0 aliphatic carbocycles. The number of phenols is 1. The molecular formula is C8H8ClNO3. The standard InChI is InChI=1S/C8H8ClNO3/c9-6-3-4(11)1-2-5(6)7(10)8(12)13/h1-3,7,11H,10H2,(H,12,13)/t7-/m1/s1. The fourth-order valence-electron chi connectivity index (χ4n) is 0.901. The molecule has 0 unspecified atom stereocenters. The van der Waals surface area contributed by atoms with Crippen molar-refractivity contribution in [2.24, 2.45) is 5.73 Å². The molecule has 13 heavy (non-hydrogen) atoms. The van der Waals surface area contributed by atoms with Crippen LogP contribution in [0.15, 0.2) is 18.2 Å². The second kappa shape index (κ2) is 3.64. The van der Waals surface area contributed by atoms with E-state index < -0.39 is 12.0 Å². The Hall–Kier alpha value is -1.26. The Morgan fingerprint density at radius 1 is 1.54 bits per heavy atom. The lowest BCUT2D eigenvalue weighted by Gasteiger charge is -2.08. The third-order valence-electron chi connectivity index (χ3n) is 1.59. The van der Waals surface area contributed by atoms with E-state index in [1.165, 1.54) is 18.2 Å². The molecule has 4 nitrogen and oxygen atoms in total. The number of aliphatic carboxylic acids is 1. The van der Waals surface area contributed by atoms with Crippen LogP contribution in [0.25, 0.3) is 0 Å². The van der Waals surface area contributed by atoms with Crippen molar-refractivity contribution in [1.82, 2.24) is 0 Å². The molecule has 0 heterocycles. The maximum Gasteiger partial charge on any atom is 0.325 e. The molecule has 0 radical (unpaired) electrons. The van der Waals surface area contributed by atoms with Gasteiger partial charge >= 0.3 is 5.97 Å². The first kappa shape index (κ1) is 9.83. The molecule has 0 saturated carbocycles. The molecule has 1 aromatic rings. The molecule has 0 aromatic heterocycles. The molecule has 4 N–H and O–H groups in total. The first-order valence-electron chi connectivity index (χ1n) is 3.49. The van der Waals surface area contributed by atoms with E-state index in [2.05, 4.69) is 0 Å². The van der Waals surface area contributed by atoms with Gasteiger partial charge in [0.15, 0.2) is 0 Å². The zero-order valence-electron chi connectivity index (χ0n) is 6.57. The molecular weight excluding hydrogens is 194 g/mol. The summed E-state index contributed by atoms with van der Waals surface area (Å²) < 4.78 is 0. The van der Waals surface area contributed by atoms with Crippen molar-refractivity contribution in [1.29, 1.82) is 0 Å². The Labute approximate surface area is 79.6 Å². The Morgan fingerprint density at radius 3 is 2.62 bits per heavy atom. The Balaban J connectivity index is 3.08. The minimum Gasteiger partial charge on any atom is -0.508 e. The first-order valence-corrected chi connectivity index (χ1v) is 3.87. The van der Waals surface area contributed by atoms with Gasteiger partial charge in [-0.2, -0.15) is 0 Å². The lowest BCUT2D eigenvalue weighted by atomic mass is 10.1. The Kier molecular flexibility index (Phi) is 2.75. The van der Waals surface area contributed by atoms with Crippen LogP contribution in [0.1, 0.15) is 11.6 Å². The minimum atomic E-state index is -1.16. The highest BCUT2D eigenvalue weighted by molar-refractivity contribution is 6.31. The van der Waals surface area contributed by atoms with Gasteiger partial charge < -0.3 is 15.9 Å². The average Bonchev–Trinajstić information content (AvgIpc) is 2.03. The zero-order chi connectivity index (χ0) is 10.0. The Bertz CT molecular complexity index is 340. The monoisotopic (exact) mass is 201 g/mol. The summed E-state index contributed by atoms with van der Waals surface area (Å²) >= 11 is 5.67. The summed E-state index contributed by atoms with van der Waals surface area (Å²) in [6.07, 6.45) is 0. The summed E-state index contributed by atoms with van der Waals surface area (Å²) in [6.45, 7) is 0. The van der Waals surface area contributed by atoms with Gasteiger partial charge in [-0.25, -0.2) is 0 Å². The second-order valence-corrected chi connectivity index (χ2v) is 2.93. The summed E-state index contributed by atoms with van der Waals surface area (Å²) in [5.41, 5.74) is 5.61. The number of rotatable bonds is 2. The molecule has 1 atom stereocenters. The van der Waals surface area contributed by atoms with Gasteiger partial charge in [0, 0.05) is 5.02 Å². The van der Waals surface area contributed by atoms with Crippen molar-refractivity contribution in [3.63, 3.8) is 0 Å². The lowest BCUT2D eigenvalue weighted by Crippen LogP contribution is -2.20. The first-order chi connectivity index (χ1) is 6.02. The van der Waals surface area contributed by atoms with Gasteiger partial charge in [-0.3, -0.25) is 4.79 Å². The van der Waals surface area contributed by atoms with Crippen molar-refractivity contribution < 1.29 is 15.0 Å². The molecule has 5 heteroatoms. The van der Waals surface area contributed by atoms with E-state index in [0.717, 1.165) is 0 Å². The third-order valence-corrected chi connectivity index (χ3v) is 1.91. The van der Waals surface area contributed by atoms with Crippen LogP contribution in [0.5, 0.6) is 5.75 Å². The van der Waals surface area contributed by atoms with Gasteiger partial charge in [0.05, 0.1) is 0 Å². The van der Waals surface area contributed by atoms with Crippen molar-refractivity contribution in [3.8, 4) is 5.75 Å². The van der Waals surface area contributed by atoms with Crippen molar-refractivity contribution >= 4 is 17.6 Å². The van der Waals surface area contributed by atoms with Crippen LogP contribution in [-0.4, -0.2) is 16.2 Å². The van der Waals surface area contributed by atoms with Gasteiger partial charge in [-0.05, 0) is 17.7 Å². The topological polar surface area (TPSA) is 83.6 Å². The molecule has 1 rings (SSSR count). The highest BCUT2D eigenvalue weighted by Crippen LogP contribution is 2.25.